The molecule has 0 aromatic carbocycles. The van der Waals surface area contributed by atoms with Crippen LogP contribution in [0.15, 0.2) is 6.07 Å². The Hall–Kier alpha value is -1.32. The highest BCUT2D eigenvalue weighted by Gasteiger charge is 2.17. The zero-order chi connectivity index (χ0) is 11.5. The Labute approximate surface area is 90.5 Å². The van der Waals surface area contributed by atoms with Crippen molar-refractivity contribution in [1.82, 2.24) is 10.2 Å². The van der Waals surface area contributed by atoms with E-state index in [1.165, 1.54) is 0 Å². The number of anilines is 1. The summed E-state index contributed by atoms with van der Waals surface area (Å²) in [7, 11) is 0. The third-order valence-electron chi connectivity index (χ3n) is 2.13. The summed E-state index contributed by atoms with van der Waals surface area (Å²) in [5.41, 5.74) is 1.05. The summed E-state index contributed by atoms with van der Waals surface area (Å²) in [5, 5.41) is 9.73. The van der Waals surface area contributed by atoms with Gasteiger partial charge in [0.2, 0.25) is 5.91 Å². The fraction of sp³-hybridized carbons (Fsp3) is 0.636. The van der Waals surface area contributed by atoms with E-state index in [2.05, 4.69) is 36.3 Å². The van der Waals surface area contributed by atoms with Crippen molar-refractivity contribution in [1.29, 1.82) is 0 Å². The Kier molecular flexibility index (Phi) is 3.50. The molecule has 0 atom stereocenters. The Bertz CT molecular complexity index is 336. The summed E-state index contributed by atoms with van der Waals surface area (Å²) in [6, 6.07) is 1.88. The number of nitrogens with one attached hydrogen (secondary N) is 2. The lowest BCUT2D eigenvalue weighted by atomic mass is 9.92. The first-order valence-corrected chi connectivity index (χ1v) is 5.29. The molecule has 1 amide bonds. The van der Waals surface area contributed by atoms with Gasteiger partial charge in [0.15, 0.2) is 5.82 Å². The van der Waals surface area contributed by atoms with E-state index in [9.17, 15) is 4.79 Å². The van der Waals surface area contributed by atoms with Crippen LogP contribution in [0.4, 0.5) is 5.82 Å². The van der Waals surface area contributed by atoms with E-state index >= 15 is 0 Å². The van der Waals surface area contributed by atoms with Crippen molar-refractivity contribution in [3.05, 3.63) is 11.8 Å². The third-order valence-corrected chi connectivity index (χ3v) is 2.13. The maximum absolute atomic E-state index is 11.3. The fourth-order valence-corrected chi connectivity index (χ4v) is 1.20. The van der Waals surface area contributed by atoms with Crippen molar-refractivity contribution >= 4 is 11.7 Å². The van der Waals surface area contributed by atoms with Crippen LogP contribution in [0.2, 0.25) is 0 Å². The number of hydrogen-bond donors (Lipinski definition) is 2. The van der Waals surface area contributed by atoms with Gasteiger partial charge in [0.1, 0.15) is 0 Å². The van der Waals surface area contributed by atoms with E-state index in [4.69, 9.17) is 0 Å². The maximum Gasteiger partial charge on any atom is 0.225 e. The van der Waals surface area contributed by atoms with Crippen LogP contribution in [-0.4, -0.2) is 16.1 Å². The topological polar surface area (TPSA) is 57.8 Å². The number of aromatic nitrogens is 2. The van der Waals surface area contributed by atoms with Gasteiger partial charge in [-0.25, -0.2) is 0 Å². The van der Waals surface area contributed by atoms with Gasteiger partial charge in [-0.3, -0.25) is 9.89 Å². The molecule has 1 heterocycles. The second-order valence-corrected chi connectivity index (χ2v) is 4.72. The second kappa shape index (κ2) is 4.47. The van der Waals surface area contributed by atoms with Crippen molar-refractivity contribution in [3.8, 4) is 0 Å². The largest absolute Gasteiger partial charge is 0.309 e. The Balaban J connectivity index is 2.65. The van der Waals surface area contributed by atoms with Crippen LogP contribution < -0.4 is 5.32 Å². The molecule has 0 radical (unpaired) electrons. The predicted molar refractivity (Wildman–Crippen MR) is 60.8 cm³/mol. The molecule has 0 bridgehead atoms. The molecule has 84 valence electrons. The standard InChI is InChI=1S/C11H19N3O/c1-5-6-10(15)12-9-7-8(13-14-9)11(2,3)4/h7H,5-6H2,1-4H3,(H2,12,13,14,15). The summed E-state index contributed by atoms with van der Waals surface area (Å²) >= 11 is 0. The molecule has 0 aliphatic carbocycles. The van der Waals surface area contributed by atoms with E-state index in [1.54, 1.807) is 0 Å². The van der Waals surface area contributed by atoms with Crippen LogP contribution in [0.25, 0.3) is 0 Å². The first-order valence-electron chi connectivity index (χ1n) is 5.29. The van der Waals surface area contributed by atoms with Gasteiger partial charge in [0, 0.05) is 23.6 Å². The molecular weight excluding hydrogens is 190 g/mol. The normalized spacial score (nSPS) is 11.5. The van der Waals surface area contributed by atoms with Crippen molar-refractivity contribution in [3.63, 3.8) is 0 Å². The molecule has 0 aliphatic heterocycles. The van der Waals surface area contributed by atoms with E-state index in [0.29, 0.717) is 12.2 Å². The van der Waals surface area contributed by atoms with Crippen LogP contribution in [-0.2, 0) is 10.2 Å². The zero-order valence-electron chi connectivity index (χ0n) is 9.85. The summed E-state index contributed by atoms with van der Waals surface area (Å²) in [6.45, 7) is 8.26. The monoisotopic (exact) mass is 209 g/mol. The Morgan fingerprint density at radius 3 is 2.67 bits per heavy atom. The lowest BCUT2D eigenvalue weighted by molar-refractivity contribution is -0.116. The first-order chi connectivity index (χ1) is 6.93. The summed E-state index contributed by atoms with van der Waals surface area (Å²) in [6.07, 6.45) is 1.39. The lowest BCUT2D eigenvalue weighted by Crippen LogP contribution is -2.12. The SMILES string of the molecule is CCCC(=O)Nc1cc(C(C)(C)C)[nH]n1. The molecular formula is C11H19N3O. The minimum absolute atomic E-state index is 0.0180. The maximum atomic E-state index is 11.3. The van der Waals surface area contributed by atoms with Gasteiger partial charge >= 0.3 is 0 Å². The van der Waals surface area contributed by atoms with E-state index in [-0.39, 0.29) is 11.3 Å². The second-order valence-electron chi connectivity index (χ2n) is 4.72. The van der Waals surface area contributed by atoms with Gasteiger partial charge in [-0.05, 0) is 6.42 Å². The summed E-state index contributed by atoms with van der Waals surface area (Å²) < 4.78 is 0. The van der Waals surface area contributed by atoms with Gasteiger partial charge in [-0.1, -0.05) is 27.7 Å². The van der Waals surface area contributed by atoms with E-state index in [0.717, 1.165) is 12.1 Å². The van der Waals surface area contributed by atoms with Gasteiger partial charge in [0.25, 0.3) is 0 Å². The third kappa shape index (κ3) is 3.38. The minimum atomic E-state index is 0.0180. The predicted octanol–water partition coefficient (Wildman–Crippen LogP) is 2.45. The highest BCUT2D eigenvalue weighted by atomic mass is 16.1. The van der Waals surface area contributed by atoms with Crippen LogP contribution in [0.1, 0.15) is 46.2 Å². The van der Waals surface area contributed by atoms with E-state index in [1.807, 2.05) is 13.0 Å². The van der Waals surface area contributed by atoms with Crippen molar-refractivity contribution in [2.45, 2.75) is 46.0 Å². The van der Waals surface area contributed by atoms with Crippen LogP contribution in [0.3, 0.4) is 0 Å². The molecule has 4 nitrogen and oxygen atoms in total. The lowest BCUT2D eigenvalue weighted by Gasteiger charge is -2.14. The number of amides is 1. The van der Waals surface area contributed by atoms with Crippen LogP contribution in [0, 0.1) is 0 Å². The number of H-pyrrole nitrogens is 1. The average Bonchev–Trinajstić information content (AvgIpc) is 2.52. The number of carbonyl (C=O) groups is 1. The smallest absolute Gasteiger partial charge is 0.225 e. The van der Waals surface area contributed by atoms with Crippen LogP contribution in [0.5, 0.6) is 0 Å². The first kappa shape index (κ1) is 11.8. The van der Waals surface area contributed by atoms with Crippen molar-refractivity contribution in [2.75, 3.05) is 5.32 Å². The highest BCUT2D eigenvalue weighted by molar-refractivity contribution is 5.89. The summed E-state index contributed by atoms with van der Waals surface area (Å²) in [4.78, 5) is 11.3. The Morgan fingerprint density at radius 2 is 2.20 bits per heavy atom. The number of aromatic amines is 1. The molecule has 0 saturated heterocycles. The van der Waals surface area contributed by atoms with Crippen molar-refractivity contribution < 1.29 is 4.79 Å². The molecule has 0 spiro atoms. The van der Waals surface area contributed by atoms with Crippen LogP contribution >= 0.6 is 0 Å². The molecule has 1 rings (SSSR count). The molecule has 1 aromatic rings. The molecule has 15 heavy (non-hydrogen) atoms. The van der Waals surface area contributed by atoms with Gasteiger partial charge in [-0.15, -0.1) is 0 Å². The number of rotatable bonds is 3. The summed E-state index contributed by atoms with van der Waals surface area (Å²) in [5.74, 6) is 0.628. The van der Waals surface area contributed by atoms with Gasteiger partial charge < -0.3 is 5.32 Å². The molecule has 0 fully saturated rings. The number of carbonyl (C=O) groups excluding carboxylic acids is 1. The quantitative estimate of drug-likeness (QED) is 0.803. The molecule has 0 aliphatic rings. The minimum Gasteiger partial charge on any atom is -0.309 e. The zero-order valence-corrected chi connectivity index (χ0v) is 9.85. The molecule has 0 unspecified atom stereocenters. The average molecular weight is 209 g/mol. The highest BCUT2D eigenvalue weighted by Crippen LogP contribution is 2.21. The molecule has 1 aromatic heterocycles. The van der Waals surface area contributed by atoms with Gasteiger partial charge in [-0.2, -0.15) is 5.10 Å². The molecule has 0 saturated carbocycles. The number of nitrogens with zero attached hydrogens (tertiary/aromatic N) is 1. The fourth-order valence-electron chi connectivity index (χ4n) is 1.20. The molecule has 2 N–H and O–H groups in total. The van der Waals surface area contributed by atoms with Crippen molar-refractivity contribution in [2.24, 2.45) is 0 Å². The van der Waals surface area contributed by atoms with E-state index < -0.39 is 0 Å². The number of hydrogen-bond acceptors (Lipinski definition) is 2. The molecule has 4 heteroatoms. The Morgan fingerprint density at radius 1 is 1.53 bits per heavy atom. The van der Waals surface area contributed by atoms with Gasteiger partial charge in [0.05, 0.1) is 0 Å².